The number of unbranched alkanes of at least 4 members (excludes halogenated alkanes) is 18. The highest BCUT2D eigenvalue weighted by atomic mass is 16.5. The van der Waals surface area contributed by atoms with Gasteiger partial charge in [-0.2, -0.15) is 0 Å². The van der Waals surface area contributed by atoms with Crippen molar-refractivity contribution >= 4 is 0 Å². The fraction of sp³-hybridized carbons (Fsp3) is 1.00. The van der Waals surface area contributed by atoms with E-state index in [1.807, 2.05) is 0 Å². The second-order valence-corrected chi connectivity index (χ2v) is 12.2. The molecule has 0 aromatic carbocycles. The van der Waals surface area contributed by atoms with Gasteiger partial charge in [0.05, 0.1) is 6.10 Å². The van der Waals surface area contributed by atoms with E-state index in [0.717, 1.165) is 25.9 Å². The average molecular weight is 467 g/mol. The van der Waals surface area contributed by atoms with E-state index in [9.17, 15) is 5.21 Å². The zero-order valence-electron chi connectivity index (χ0n) is 23.4. The zero-order chi connectivity index (χ0) is 24.4. The van der Waals surface area contributed by atoms with E-state index < -0.39 is 0 Å². The molecular formula is C30H60NO2. The molecule has 1 saturated heterocycles. The van der Waals surface area contributed by atoms with Crippen LogP contribution in [0.25, 0.3) is 0 Å². The van der Waals surface area contributed by atoms with E-state index in [0.29, 0.717) is 0 Å². The summed E-state index contributed by atoms with van der Waals surface area (Å²) >= 11 is 0. The van der Waals surface area contributed by atoms with E-state index in [4.69, 9.17) is 4.74 Å². The van der Waals surface area contributed by atoms with Gasteiger partial charge in [-0.25, -0.2) is 0 Å². The molecule has 0 amide bonds. The third kappa shape index (κ3) is 14.8. The van der Waals surface area contributed by atoms with Gasteiger partial charge in [-0.1, -0.05) is 122 Å². The third-order valence-electron chi connectivity index (χ3n) is 7.66. The first-order chi connectivity index (χ1) is 15.8. The van der Waals surface area contributed by atoms with Crippen LogP contribution in [0.3, 0.4) is 0 Å². The van der Waals surface area contributed by atoms with Crippen molar-refractivity contribution in [1.29, 1.82) is 0 Å². The number of ether oxygens (including phenoxy) is 1. The Morgan fingerprint density at radius 2 is 0.879 bits per heavy atom. The fourth-order valence-electron chi connectivity index (χ4n) is 5.72. The van der Waals surface area contributed by atoms with Crippen LogP contribution in [0.4, 0.5) is 0 Å². The normalized spacial score (nSPS) is 18.7. The molecular weight excluding hydrogens is 406 g/mol. The molecule has 0 atom stereocenters. The van der Waals surface area contributed by atoms with Crippen LogP contribution in [-0.4, -0.2) is 28.9 Å². The number of rotatable bonds is 21. The fourth-order valence-corrected chi connectivity index (χ4v) is 5.72. The lowest BCUT2D eigenvalue weighted by atomic mass is 9.80. The SMILES string of the molecule is CCCCCCCCCCCCCCCCCCCCCOC1CC(C)(C)N([O])C(C)(C)C1. The van der Waals surface area contributed by atoms with Crippen LogP contribution >= 0.6 is 0 Å². The predicted octanol–water partition coefficient (Wildman–Crippen LogP) is 9.80. The van der Waals surface area contributed by atoms with Gasteiger partial charge in [-0.3, -0.25) is 0 Å². The summed E-state index contributed by atoms with van der Waals surface area (Å²) in [4.78, 5) is 0. The van der Waals surface area contributed by atoms with Gasteiger partial charge >= 0.3 is 0 Å². The summed E-state index contributed by atoms with van der Waals surface area (Å²) in [6.45, 7) is 11.4. The minimum Gasteiger partial charge on any atom is -0.378 e. The van der Waals surface area contributed by atoms with Crippen molar-refractivity contribution in [1.82, 2.24) is 5.06 Å². The maximum absolute atomic E-state index is 12.4. The molecule has 1 rings (SSSR count). The van der Waals surface area contributed by atoms with Crippen LogP contribution in [0.15, 0.2) is 0 Å². The van der Waals surface area contributed by atoms with Crippen molar-refractivity contribution < 1.29 is 9.94 Å². The Hall–Kier alpha value is -0.120. The van der Waals surface area contributed by atoms with Crippen molar-refractivity contribution in [3.8, 4) is 0 Å². The van der Waals surface area contributed by atoms with Crippen LogP contribution in [-0.2, 0) is 9.94 Å². The molecule has 0 spiro atoms. The molecule has 0 aromatic rings. The number of hydroxylamine groups is 2. The molecule has 0 bridgehead atoms. The van der Waals surface area contributed by atoms with Gasteiger partial charge in [0, 0.05) is 17.7 Å². The molecule has 0 unspecified atom stereocenters. The topological polar surface area (TPSA) is 32.4 Å². The average Bonchev–Trinajstić information content (AvgIpc) is 2.75. The third-order valence-corrected chi connectivity index (χ3v) is 7.66. The Morgan fingerprint density at radius 1 is 0.576 bits per heavy atom. The Bertz CT molecular complexity index is 431. The Labute approximate surface area is 208 Å². The van der Waals surface area contributed by atoms with Crippen molar-refractivity contribution in [3.63, 3.8) is 0 Å². The molecule has 0 N–H and O–H groups in total. The predicted molar refractivity (Wildman–Crippen MR) is 143 cm³/mol. The van der Waals surface area contributed by atoms with Crippen molar-refractivity contribution in [3.05, 3.63) is 0 Å². The van der Waals surface area contributed by atoms with E-state index in [1.165, 1.54) is 121 Å². The lowest BCUT2D eigenvalue weighted by molar-refractivity contribution is -0.301. The first kappa shape index (κ1) is 30.9. The van der Waals surface area contributed by atoms with Gasteiger partial charge in [0.15, 0.2) is 0 Å². The summed E-state index contributed by atoms with van der Waals surface area (Å²) < 4.78 is 6.17. The molecule has 1 fully saturated rings. The maximum Gasteiger partial charge on any atom is 0.0611 e. The second-order valence-electron chi connectivity index (χ2n) is 12.2. The lowest BCUT2D eigenvalue weighted by Gasteiger charge is -2.49. The van der Waals surface area contributed by atoms with Crippen LogP contribution in [0.5, 0.6) is 0 Å². The number of hydrogen-bond donors (Lipinski definition) is 0. The largest absolute Gasteiger partial charge is 0.378 e. The van der Waals surface area contributed by atoms with E-state index in [2.05, 4.69) is 34.6 Å². The van der Waals surface area contributed by atoms with Gasteiger partial charge in [0.25, 0.3) is 0 Å². The van der Waals surface area contributed by atoms with Crippen molar-refractivity contribution in [2.24, 2.45) is 0 Å². The van der Waals surface area contributed by atoms with Crippen molar-refractivity contribution in [2.75, 3.05) is 6.61 Å². The molecule has 33 heavy (non-hydrogen) atoms. The minimum atomic E-state index is -0.319. The lowest BCUT2D eigenvalue weighted by Crippen LogP contribution is -2.59. The molecule has 0 aliphatic carbocycles. The van der Waals surface area contributed by atoms with Crippen LogP contribution in [0.2, 0.25) is 0 Å². The highest BCUT2D eigenvalue weighted by molar-refractivity contribution is 4.96. The molecule has 1 heterocycles. The van der Waals surface area contributed by atoms with E-state index >= 15 is 0 Å². The molecule has 0 saturated carbocycles. The summed E-state index contributed by atoms with van der Waals surface area (Å²) in [7, 11) is 0. The number of hydrogen-bond acceptors (Lipinski definition) is 2. The highest BCUT2D eigenvalue weighted by Crippen LogP contribution is 2.38. The Kier molecular flexibility index (Phi) is 17.0. The van der Waals surface area contributed by atoms with Gasteiger partial charge < -0.3 is 4.74 Å². The van der Waals surface area contributed by atoms with E-state index in [1.54, 1.807) is 0 Å². The van der Waals surface area contributed by atoms with Crippen LogP contribution in [0, 0.1) is 0 Å². The highest BCUT2D eigenvalue weighted by Gasteiger charge is 2.46. The first-order valence-electron chi connectivity index (χ1n) is 14.9. The summed E-state index contributed by atoms with van der Waals surface area (Å²) in [5.74, 6) is 0. The Morgan fingerprint density at radius 3 is 1.21 bits per heavy atom. The Balaban J connectivity index is 1.81. The zero-order valence-corrected chi connectivity index (χ0v) is 23.4. The monoisotopic (exact) mass is 466 g/mol. The van der Waals surface area contributed by atoms with Gasteiger partial charge in [0.2, 0.25) is 0 Å². The molecule has 0 aromatic heterocycles. The molecule has 197 valence electrons. The molecule has 3 heteroatoms. The molecule has 1 radical (unpaired) electrons. The van der Waals surface area contributed by atoms with Crippen LogP contribution < -0.4 is 0 Å². The molecule has 1 aliphatic heterocycles. The minimum absolute atomic E-state index is 0.232. The standard InChI is InChI=1S/C30H60NO2/c1-6-7-8-9-10-11-12-13-14-15-16-17-18-19-20-21-22-23-24-25-33-28-26-29(2,3)31(32)30(4,5)27-28/h28H,6-27H2,1-5H3. The quantitative estimate of drug-likeness (QED) is 0.158. The molecule has 1 aliphatic rings. The smallest absolute Gasteiger partial charge is 0.0611 e. The summed E-state index contributed by atoms with van der Waals surface area (Å²) in [6, 6.07) is 0. The first-order valence-corrected chi connectivity index (χ1v) is 14.9. The van der Waals surface area contributed by atoms with E-state index in [-0.39, 0.29) is 17.2 Å². The summed E-state index contributed by atoms with van der Waals surface area (Å²) in [5, 5.41) is 13.7. The maximum atomic E-state index is 12.4. The summed E-state index contributed by atoms with van der Waals surface area (Å²) in [6.07, 6.45) is 28.7. The van der Waals surface area contributed by atoms with Gasteiger partial charge in [0.1, 0.15) is 0 Å². The number of nitrogens with zero attached hydrogens (tertiary/aromatic N) is 1. The van der Waals surface area contributed by atoms with Gasteiger partial charge in [-0.15, -0.1) is 10.3 Å². The second kappa shape index (κ2) is 18.2. The van der Waals surface area contributed by atoms with Gasteiger partial charge in [-0.05, 0) is 47.0 Å². The van der Waals surface area contributed by atoms with Crippen LogP contribution in [0.1, 0.15) is 169 Å². The molecule has 3 nitrogen and oxygen atoms in total. The number of piperidine rings is 1. The van der Waals surface area contributed by atoms with Crippen molar-refractivity contribution in [2.45, 2.75) is 187 Å². The summed E-state index contributed by atoms with van der Waals surface area (Å²) in [5.41, 5.74) is -0.639.